The number of aromatic nitrogens is 2. The molecule has 0 spiro atoms. The van der Waals surface area contributed by atoms with Gasteiger partial charge in [0.1, 0.15) is 0 Å². The van der Waals surface area contributed by atoms with Crippen LogP contribution < -0.4 is 5.32 Å². The van der Waals surface area contributed by atoms with Gasteiger partial charge in [-0.1, -0.05) is 23.8 Å². The van der Waals surface area contributed by atoms with E-state index >= 15 is 0 Å². The van der Waals surface area contributed by atoms with E-state index in [9.17, 15) is 0 Å². The number of nitrogens with one attached hydrogen (secondary N) is 1. The van der Waals surface area contributed by atoms with Gasteiger partial charge >= 0.3 is 0 Å². The summed E-state index contributed by atoms with van der Waals surface area (Å²) in [5, 5.41) is 8.09. The van der Waals surface area contributed by atoms with Crippen LogP contribution in [0.3, 0.4) is 0 Å². The Balaban J connectivity index is 2.14. The lowest BCUT2D eigenvalue weighted by Gasteiger charge is -2.22. The van der Waals surface area contributed by atoms with Crippen LogP contribution in [-0.4, -0.2) is 9.78 Å². The average Bonchev–Trinajstić information content (AvgIpc) is 2.68. The first-order chi connectivity index (χ1) is 9.38. The smallest absolute Gasteiger partial charge is 0.0641 e. The van der Waals surface area contributed by atoms with Crippen molar-refractivity contribution >= 4 is 0 Å². The second kappa shape index (κ2) is 5.80. The number of rotatable bonds is 4. The standard InChI is InChI=1S/C17H25N3/c1-11-7-8-16(12(2)9-11)13(3)18-14(4)17-10-20(6)19-15(17)5/h7-10,13-14,18H,1-6H3. The minimum Gasteiger partial charge on any atom is -0.304 e. The highest BCUT2D eigenvalue weighted by atomic mass is 15.3. The van der Waals surface area contributed by atoms with Gasteiger partial charge < -0.3 is 5.32 Å². The Labute approximate surface area is 122 Å². The first-order valence-electron chi connectivity index (χ1n) is 7.22. The number of hydrogen-bond acceptors (Lipinski definition) is 2. The third kappa shape index (κ3) is 3.10. The van der Waals surface area contributed by atoms with Gasteiger partial charge in [0.05, 0.1) is 5.69 Å². The first kappa shape index (κ1) is 14.8. The second-order valence-corrected chi connectivity index (χ2v) is 5.81. The Hall–Kier alpha value is -1.61. The summed E-state index contributed by atoms with van der Waals surface area (Å²) in [4.78, 5) is 0. The maximum Gasteiger partial charge on any atom is 0.0641 e. The molecule has 1 N–H and O–H groups in total. The van der Waals surface area contributed by atoms with Crippen LogP contribution in [0.15, 0.2) is 24.4 Å². The number of aryl methyl sites for hydroxylation is 4. The molecular formula is C17H25N3. The van der Waals surface area contributed by atoms with E-state index in [0.717, 1.165) is 5.69 Å². The van der Waals surface area contributed by atoms with Crippen molar-refractivity contribution in [2.45, 2.75) is 46.7 Å². The van der Waals surface area contributed by atoms with Crippen molar-refractivity contribution in [3.63, 3.8) is 0 Å². The predicted molar refractivity (Wildman–Crippen MR) is 83.8 cm³/mol. The lowest BCUT2D eigenvalue weighted by atomic mass is 9.99. The normalized spacial score (nSPS) is 14.3. The second-order valence-electron chi connectivity index (χ2n) is 5.81. The van der Waals surface area contributed by atoms with E-state index in [1.54, 1.807) is 0 Å². The summed E-state index contributed by atoms with van der Waals surface area (Å²) in [5.41, 5.74) is 6.39. The van der Waals surface area contributed by atoms with Crippen LogP contribution in [0.2, 0.25) is 0 Å². The summed E-state index contributed by atoms with van der Waals surface area (Å²) in [6.07, 6.45) is 2.10. The molecule has 0 saturated heterocycles. The van der Waals surface area contributed by atoms with Gasteiger partial charge in [-0.05, 0) is 45.7 Å². The van der Waals surface area contributed by atoms with Gasteiger partial charge in [0.25, 0.3) is 0 Å². The molecule has 1 aromatic heterocycles. The van der Waals surface area contributed by atoms with E-state index in [1.807, 2.05) is 11.7 Å². The lowest BCUT2D eigenvalue weighted by Crippen LogP contribution is -2.23. The van der Waals surface area contributed by atoms with Gasteiger partial charge in [0, 0.05) is 30.9 Å². The van der Waals surface area contributed by atoms with E-state index in [-0.39, 0.29) is 0 Å². The third-order valence-corrected chi connectivity index (χ3v) is 3.91. The Morgan fingerprint density at radius 3 is 2.25 bits per heavy atom. The molecule has 0 aliphatic rings. The fourth-order valence-corrected chi connectivity index (χ4v) is 2.91. The molecule has 0 aliphatic heterocycles. The van der Waals surface area contributed by atoms with Crippen LogP contribution in [0.4, 0.5) is 0 Å². The molecule has 0 bridgehead atoms. The van der Waals surface area contributed by atoms with Crippen LogP contribution in [0.5, 0.6) is 0 Å². The van der Waals surface area contributed by atoms with E-state index in [1.165, 1.54) is 22.3 Å². The monoisotopic (exact) mass is 271 g/mol. The SMILES string of the molecule is Cc1ccc(C(C)NC(C)c2cn(C)nc2C)c(C)c1. The molecule has 3 nitrogen and oxygen atoms in total. The molecule has 3 heteroatoms. The van der Waals surface area contributed by atoms with E-state index < -0.39 is 0 Å². The van der Waals surface area contributed by atoms with Gasteiger partial charge in [0.2, 0.25) is 0 Å². The predicted octanol–water partition coefficient (Wildman–Crippen LogP) is 3.76. The maximum atomic E-state index is 4.42. The van der Waals surface area contributed by atoms with Crippen LogP contribution in [0.1, 0.15) is 53.9 Å². The van der Waals surface area contributed by atoms with Crippen LogP contribution in [-0.2, 0) is 7.05 Å². The first-order valence-corrected chi connectivity index (χ1v) is 7.22. The van der Waals surface area contributed by atoms with E-state index in [2.05, 4.69) is 69.4 Å². The van der Waals surface area contributed by atoms with Crippen molar-refractivity contribution in [1.29, 1.82) is 0 Å². The Bertz CT molecular complexity index is 598. The van der Waals surface area contributed by atoms with Gasteiger partial charge in [-0.15, -0.1) is 0 Å². The minimum absolute atomic E-state index is 0.291. The van der Waals surface area contributed by atoms with Crippen molar-refractivity contribution < 1.29 is 0 Å². The summed E-state index contributed by atoms with van der Waals surface area (Å²) >= 11 is 0. The highest BCUT2D eigenvalue weighted by Crippen LogP contribution is 2.23. The third-order valence-electron chi connectivity index (χ3n) is 3.91. The molecule has 0 amide bonds. The zero-order chi connectivity index (χ0) is 14.9. The molecular weight excluding hydrogens is 246 g/mol. The average molecular weight is 271 g/mol. The maximum absolute atomic E-state index is 4.42. The molecule has 2 rings (SSSR count). The fourth-order valence-electron chi connectivity index (χ4n) is 2.91. The largest absolute Gasteiger partial charge is 0.304 e. The van der Waals surface area contributed by atoms with Crippen molar-refractivity contribution in [3.05, 3.63) is 52.3 Å². The van der Waals surface area contributed by atoms with Gasteiger partial charge in [-0.3, -0.25) is 4.68 Å². The lowest BCUT2D eigenvalue weighted by molar-refractivity contribution is 0.491. The molecule has 20 heavy (non-hydrogen) atoms. The molecule has 108 valence electrons. The number of hydrogen-bond donors (Lipinski definition) is 1. The minimum atomic E-state index is 0.291. The fraction of sp³-hybridized carbons (Fsp3) is 0.471. The Morgan fingerprint density at radius 2 is 1.70 bits per heavy atom. The molecule has 2 atom stereocenters. The van der Waals surface area contributed by atoms with Crippen molar-refractivity contribution in [2.24, 2.45) is 7.05 Å². The Morgan fingerprint density at radius 1 is 1.05 bits per heavy atom. The summed E-state index contributed by atoms with van der Waals surface area (Å²) < 4.78 is 1.88. The van der Waals surface area contributed by atoms with Crippen molar-refractivity contribution in [1.82, 2.24) is 15.1 Å². The summed E-state index contributed by atoms with van der Waals surface area (Å²) in [7, 11) is 1.97. The van der Waals surface area contributed by atoms with Gasteiger partial charge in [0.15, 0.2) is 0 Å². The van der Waals surface area contributed by atoms with Crippen LogP contribution >= 0.6 is 0 Å². The molecule has 2 aromatic rings. The van der Waals surface area contributed by atoms with Crippen LogP contribution in [0.25, 0.3) is 0 Å². The summed E-state index contributed by atoms with van der Waals surface area (Å²) in [6, 6.07) is 7.27. The van der Waals surface area contributed by atoms with Crippen molar-refractivity contribution in [3.8, 4) is 0 Å². The molecule has 0 saturated carbocycles. The summed E-state index contributed by atoms with van der Waals surface area (Å²) in [5.74, 6) is 0. The molecule has 0 fully saturated rings. The highest BCUT2D eigenvalue weighted by Gasteiger charge is 2.16. The number of nitrogens with zero attached hydrogens (tertiary/aromatic N) is 2. The number of benzene rings is 1. The molecule has 0 aliphatic carbocycles. The quantitative estimate of drug-likeness (QED) is 0.917. The van der Waals surface area contributed by atoms with Crippen molar-refractivity contribution in [2.75, 3.05) is 0 Å². The molecule has 0 radical (unpaired) electrons. The molecule has 1 aromatic carbocycles. The zero-order valence-corrected chi connectivity index (χ0v) is 13.4. The van der Waals surface area contributed by atoms with Crippen LogP contribution in [0, 0.1) is 20.8 Å². The molecule has 2 unspecified atom stereocenters. The zero-order valence-electron chi connectivity index (χ0n) is 13.4. The van der Waals surface area contributed by atoms with Gasteiger partial charge in [-0.25, -0.2) is 0 Å². The molecule has 1 heterocycles. The van der Waals surface area contributed by atoms with E-state index in [4.69, 9.17) is 0 Å². The van der Waals surface area contributed by atoms with Gasteiger partial charge in [-0.2, -0.15) is 5.10 Å². The highest BCUT2D eigenvalue weighted by molar-refractivity contribution is 5.33. The van der Waals surface area contributed by atoms with E-state index in [0.29, 0.717) is 12.1 Å². The Kier molecular flexibility index (Phi) is 4.29. The topological polar surface area (TPSA) is 29.9 Å². The summed E-state index contributed by atoms with van der Waals surface area (Å²) in [6.45, 7) is 10.8.